The summed E-state index contributed by atoms with van der Waals surface area (Å²) in [5, 5.41) is 10.6. The third-order valence-corrected chi connectivity index (χ3v) is 3.14. The minimum Gasteiger partial charge on any atom is -0.508 e. The molecule has 1 aliphatic heterocycles. The van der Waals surface area contributed by atoms with Crippen molar-refractivity contribution in [2.45, 2.75) is 20.0 Å². The normalized spacial score (nSPS) is 15.1. The predicted molar refractivity (Wildman–Crippen MR) is 61.5 cm³/mol. The lowest BCUT2D eigenvalue weighted by molar-refractivity contribution is 0.110. The van der Waals surface area contributed by atoms with Crippen molar-refractivity contribution in [2.24, 2.45) is 0 Å². The van der Waals surface area contributed by atoms with Crippen molar-refractivity contribution in [3.8, 4) is 5.75 Å². The summed E-state index contributed by atoms with van der Waals surface area (Å²) >= 11 is 0. The number of phenols is 1. The quantitative estimate of drug-likeness (QED) is 0.733. The SMILES string of the molecule is Cc1nc2ccc(O)cc2c2c1COCC2. The standard InChI is InChI=1S/C13H13NO2/c1-8-12-7-16-5-4-10(12)11-6-9(15)2-3-13(11)14-8/h2-3,6,15H,4-5,7H2,1H3. The largest absolute Gasteiger partial charge is 0.508 e. The summed E-state index contributed by atoms with van der Waals surface area (Å²) in [6.07, 6.45) is 0.901. The van der Waals surface area contributed by atoms with Crippen LogP contribution < -0.4 is 0 Å². The molecule has 0 saturated carbocycles. The monoisotopic (exact) mass is 215 g/mol. The molecule has 0 unspecified atom stereocenters. The van der Waals surface area contributed by atoms with Crippen molar-refractivity contribution in [1.29, 1.82) is 0 Å². The van der Waals surface area contributed by atoms with Crippen LogP contribution in [0.4, 0.5) is 0 Å². The second-order valence-corrected chi connectivity index (χ2v) is 4.16. The molecule has 0 amide bonds. The van der Waals surface area contributed by atoms with Crippen molar-refractivity contribution in [3.05, 3.63) is 35.0 Å². The van der Waals surface area contributed by atoms with E-state index in [1.54, 1.807) is 12.1 Å². The zero-order chi connectivity index (χ0) is 11.1. The molecule has 16 heavy (non-hydrogen) atoms. The van der Waals surface area contributed by atoms with Gasteiger partial charge in [0, 0.05) is 16.6 Å². The van der Waals surface area contributed by atoms with E-state index < -0.39 is 0 Å². The Kier molecular flexibility index (Phi) is 2.07. The van der Waals surface area contributed by atoms with E-state index in [1.165, 1.54) is 11.1 Å². The van der Waals surface area contributed by atoms with Crippen LogP contribution in [0.3, 0.4) is 0 Å². The van der Waals surface area contributed by atoms with E-state index in [0.717, 1.165) is 29.6 Å². The molecule has 0 radical (unpaired) electrons. The van der Waals surface area contributed by atoms with Gasteiger partial charge in [-0.15, -0.1) is 0 Å². The van der Waals surface area contributed by atoms with Gasteiger partial charge in [-0.25, -0.2) is 0 Å². The molecule has 82 valence electrons. The molecule has 1 aliphatic rings. The van der Waals surface area contributed by atoms with Gasteiger partial charge in [-0.3, -0.25) is 4.98 Å². The molecular formula is C13H13NO2. The number of hydrogen-bond acceptors (Lipinski definition) is 3. The maximum Gasteiger partial charge on any atom is 0.116 e. The van der Waals surface area contributed by atoms with E-state index in [-0.39, 0.29) is 0 Å². The van der Waals surface area contributed by atoms with Gasteiger partial charge in [-0.1, -0.05) is 0 Å². The van der Waals surface area contributed by atoms with Crippen molar-refractivity contribution in [3.63, 3.8) is 0 Å². The Morgan fingerprint density at radius 3 is 3.06 bits per heavy atom. The third kappa shape index (κ3) is 1.36. The number of benzene rings is 1. The highest BCUT2D eigenvalue weighted by Gasteiger charge is 2.16. The number of pyridine rings is 1. The summed E-state index contributed by atoms with van der Waals surface area (Å²) in [5.41, 5.74) is 4.46. The molecule has 3 rings (SSSR count). The van der Waals surface area contributed by atoms with Crippen LogP contribution in [0.25, 0.3) is 10.9 Å². The fourth-order valence-electron chi connectivity index (χ4n) is 2.32. The van der Waals surface area contributed by atoms with E-state index in [9.17, 15) is 5.11 Å². The summed E-state index contributed by atoms with van der Waals surface area (Å²) in [6.45, 7) is 3.40. The van der Waals surface area contributed by atoms with Gasteiger partial charge in [-0.05, 0) is 37.1 Å². The average molecular weight is 215 g/mol. The molecule has 0 bridgehead atoms. The second kappa shape index (κ2) is 3.46. The van der Waals surface area contributed by atoms with Crippen molar-refractivity contribution in [1.82, 2.24) is 4.98 Å². The van der Waals surface area contributed by atoms with E-state index in [2.05, 4.69) is 4.98 Å². The van der Waals surface area contributed by atoms with Gasteiger partial charge >= 0.3 is 0 Å². The van der Waals surface area contributed by atoms with Gasteiger partial charge < -0.3 is 9.84 Å². The Balaban J connectivity index is 2.38. The smallest absolute Gasteiger partial charge is 0.116 e. The Hall–Kier alpha value is -1.61. The highest BCUT2D eigenvalue weighted by Crippen LogP contribution is 2.29. The second-order valence-electron chi connectivity index (χ2n) is 4.16. The van der Waals surface area contributed by atoms with Crippen LogP contribution in [0.2, 0.25) is 0 Å². The zero-order valence-electron chi connectivity index (χ0n) is 9.16. The highest BCUT2D eigenvalue weighted by atomic mass is 16.5. The lowest BCUT2D eigenvalue weighted by Crippen LogP contribution is -2.13. The first-order valence-corrected chi connectivity index (χ1v) is 5.44. The number of hydrogen-bond donors (Lipinski definition) is 1. The zero-order valence-corrected chi connectivity index (χ0v) is 9.16. The van der Waals surface area contributed by atoms with Crippen LogP contribution in [0.5, 0.6) is 5.75 Å². The maximum atomic E-state index is 9.54. The first-order chi connectivity index (χ1) is 7.75. The van der Waals surface area contributed by atoms with Crippen molar-refractivity contribution < 1.29 is 9.84 Å². The first kappa shape index (κ1) is 9.60. The molecule has 1 aromatic carbocycles. The summed E-state index contributed by atoms with van der Waals surface area (Å²) in [5.74, 6) is 0.298. The number of phenolic OH excluding ortho intramolecular Hbond substituents is 1. The Morgan fingerprint density at radius 2 is 2.19 bits per heavy atom. The van der Waals surface area contributed by atoms with Gasteiger partial charge in [0.1, 0.15) is 5.75 Å². The molecular weight excluding hydrogens is 202 g/mol. The third-order valence-electron chi connectivity index (χ3n) is 3.14. The predicted octanol–water partition coefficient (Wildman–Crippen LogP) is 2.32. The molecule has 0 fully saturated rings. The molecule has 0 atom stereocenters. The van der Waals surface area contributed by atoms with Gasteiger partial charge in [0.2, 0.25) is 0 Å². The first-order valence-electron chi connectivity index (χ1n) is 5.44. The highest BCUT2D eigenvalue weighted by molar-refractivity contribution is 5.85. The van der Waals surface area contributed by atoms with Gasteiger partial charge in [0.15, 0.2) is 0 Å². The molecule has 0 spiro atoms. The molecule has 0 saturated heterocycles. The van der Waals surface area contributed by atoms with E-state index >= 15 is 0 Å². The number of aromatic nitrogens is 1. The Morgan fingerprint density at radius 1 is 1.31 bits per heavy atom. The maximum absolute atomic E-state index is 9.54. The Bertz CT molecular complexity index is 563. The average Bonchev–Trinajstić information content (AvgIpc) is 2.31. The minimum absolute atomic E-state index is 0.298. The van der Waals surface area contributed by atoms with Crippen LogP contribution >= 0.6 is 0 Å². The summed E-state index contributed by atoms with van der Waals surface area (Å²) in [6, 6.07) is 5.35. The summed E-state index contributed by atoms with van der Waals surface area (Å²) < 4.78 is 5.45. The molecule has 0 aliphatic carbocycles. The number of nitrogens with zero attached hydrogens (tertiary/aromatic N) is 1. The van der Waals surface area contributed by atoms with E-state index in [1.807, 2.05) is 13.0 Å². The molecule has 2 heterocycles. The van der Waals surface area contributed by atoms with E-state index in [4.69, 9.17) is 4.74 Å². The number of aromatic hydroxyl groups is 1. The van der Waals surface area contributed by atoms with Crippen LogP contribution in [-0.2, 0) is 17.8 Å². The number of aryl methyl sites for hydroxylation is 1. The molecule has 3 heteroatoms. The molecule has 1 N–H and O–H groups in total. The van der Waals surface area contributed by atoms with Gasteiger partial charge in [0.05, 0.1) is 18.7 Å². The fourth-order valence-corrected chi connectivity index (χ4v) is 2.32. The van der Waals surface area contributed by atoms with Crippen LogP contribution in [0.15, 0.2) is 18.2 Å². The van der Waals surface area contributed by atoms with Crippen LogP contribution in [0.1, 0.15) is 16.8 Å². The van der Waals surface area contributed by atoms with E-state index in [0.29, 0.717) is 12.4 Å². The number of ether oxygens (including phenoxy) is 1. The summed E-state index contributed by atoms with van der Waals surface area (Å²) in [4.78, 5) is 4.54. The lowest BCUT2D eigenvalue weighted by atomic mass is 9.97. The van der Waals surface area contributed by atoms with Crippen molar-refractivity contribution >= 4 is 10.9 Å². The van der Waals surface area contributed by atoms with Crippen LogP contribution in [0, 0.1) is 6.92 Å². The van der Waals surface area contributed by atoms with Crippen molar-refractivity contribution in [2.75, 3.05) is 6.61 Å². The number of rotatable bonds is 0. The van der Waals surface area contributed by atoms with Gasteiger partial charge in [-0.2, -0.15) is 0 Å². The Labute approximate surface area is 93.7 Å². The molecule has 2 aromatic rings. The topological polar surface area (TPSA) is 42.4 Å². The fraction of sp³-hybridized carbons (Fsp3) is 0.308. The van der Waals surface area contributed by atoms with Gasteiger partial charge in [0.25, 0.3) is 0 Å². The molecule has 1 aromatic heterocycles. The number of fused-ring (bicyclic) bond motifs is 3. The minimum atomic E-state index is 0.298. The summed E-state index contributed by atoms with van der Waals surface area (Å²) in [7, 11) is 0. The lowest BCUT2D eigenvalue weighted by Gasteiger charge is -2.20. The molecule has 3 nitrogen and oxygen atoms in total. The van der Waals surface area contributed by atoms with Crippen LogP contribution in [-0.4, -0.2) is 16.7 Å².